The third-order valence-corrected chi connectivity index (χ3v) is 4.96. The summed E-state index contributed by atoms with van der Waals surface area (Å²) in [5.41, 5.74) is 6.41. The molecule has 1 heterocycles. The van der Waals surface area contributed by atoms with Crippen LogP contribution in [0.4, 0.5) is 10.1 Å². The molecular weight excluding hydrogens is 528 g/mol. The van der Waals surface area contributed by atoms with Crippen molar-refractivity contribution in [2.45, 2.75) is 26.7 Å². The van der Waals surface area contributed by atoms with Gasteiger partial charge >= 0.3 is 19.5 Å². The Morgan fingerprint density at radius 1 is 0.909 bits per heavy atom. The molecule has 0 aromatic heterocycles. The molecule has 3 aromatic rings. The molecule has 0 N–H and O–H groups in total. The fraction of sp³-hybridized carbons (Fsp3) is 0.231. The number of hydrogen-bond acceptors (Lipinski definition) is 4. The van der Waals surface area contributed by atoms with Gasteiger partial charge < -0.3 is 22.0 Å². The molecule has 0 saturated heterocycles. The Bertz CT molecular complexity index is 1100. The van der Waals surface area contributed by atoms with E-state index in [-0.39, 0.29) is 37.7 Å². The van der Waals surface area contributed by atoms with Gasteiger partial charge in [-0.15, -0.1) is 0 Å². The van der Waals surface area contributed by atoms with Crippen LogP contribution in [0.5, 0.6) is 5.75 Å². The number of hydrogen-bond donors (Lipinski definition) is 0. The summed E-state index contributed by atoms with van der Waals surface area (Å²) in [6, 6.07) is 20.4. The number of fused-ring (bicyclic) bond motifs is 1. The molecule has 0 fully saturated rings. The predicted molar refractivity (Wildman–Crippen MR) is 124 cm³/mol. The van der Waals surface area contributed by atoms with Crippen molar-refractivity contribution in [1.29, 1.82) is 0 Å². The van der Waals surface area contributed by atoms with Crippen molar-refractivity contribution in [1.82, 2.24) is 0 Å². The van der Waals surface area contributed by atoms with Gasteiger partial charge in [0.1, 0.15) is 30.1 Å². The number of rotatable bonds is 4. The van der Waals surface area contributed by atoms with Crippen LogP contribution in [0.2, 0.25) is 0 Å². The maximum atomic E-state index is 13.1. The van der Waals surface area contributed by atoms with Crippen molar-refractivity contribution in [2.75, 3.05) is 14.2 Å². The predicted octanol–water partition coefficient (Wildman–Crippen LogP) is 3.44. The van der Waals surface area contributed by atoms with Crippen molar-refractivity contribution < 1.29 is 45.8 Å². The zero-order valence-electron chi connectivity index (χ0n) is 19.2. The van der Waals surface area contributed by atoms with E-state index in [9.17, 15) is 4.39 Å². The molecule has 0 amide bonds. The second-order valence-electron chi connectivity index (χ2n) is 7.54. The van der Waals surface area contributed by atoms with Crippen LogP contribution in [-0.2, 0) is 24.3 Å². The summed E-state index contributed by atoms with van der Waals surface area (Å²) < 4.78 is 18.3. The first-order valence-electron chi connectivity index (χ1n) is 10.1. The zero-order chi connectivity index (χ0) is 22.4. The fourth-order valence-corrected chi connectivity index (χ4v) is 3.17. The number of halogens is 2. The average molecular weight is 555 g/mol. The van der Waals surface area contributed by atoms with E-state index in [4.69, 9.17) is 9.57 Å². The van der Waals surface area contributed by atoms with Crippen LogP contribution in [0.3, 0.4) is 0 Å². The molecule has 0 atom stereocenters. The van der Waals surface area contributed by atoms with Crippen molar-refractivity contribution in [2.24, 2.45) is 10.1 Å². The summed E-state index contributed by atoms with van der Waals surface area (Å²) in [6.45, 7) is 6.54. The smallest absolute Gasteiger partial charge is 1.00 e. The van der Waals surface area contributed by atoms with E-state index < -0.39 is 0 Å². The molecule has 7 heteroatoms. The number of methoxy groups -OCH3 is 1. The number of nitrogens with zero attached hydrogens (tertiary/aromatic N) is 2. The molecule has 0 bridgehead atoms. The monoisotopic (exact) mass is 555 g/mol. The van der Waals surface area contributed by atoms with Gasteiger partial charge in [0, 0.05) is 11.1 Å². The number of aryl methyl sites for hydroxylation is 1. The maximum Gasteiger partial charge on any atom is 1.00 e. The van der Waals surface area contributed by atoms with Gasteiger partial charge in [-0.3, -0.25) is 0 Å². The van der Waals surface area contributed by atoms with Gasteiger partial charge in [-0.1, -0.05) is 48.8 Å². The normalized spacial score (nSPS) is 12.6. The molecule has 1 radical (unpaired) electrons. The Labute approximate surface area is 214 Å². The van der Waals surface area contributed by atoms with Crippen molar-refractivity contribution in [3.8, 4) is 5.75 Å². The topological polar surface area (TPSA) is 43.2 Å². The van der Waals surface area contributed by atoms with Gasteiger partial charge in [-0.05, 0) is 60.9 Å². The number of aliphatic imine (C=N–C) groups is 1. The Morgan fingerprint density at radius 3 is 2.09 bits per heavy atom. The standard InChI is InChI=1S/C16H13FN2O2.C10H14.ClH.Ru/c1-20-12-7-8-14-13(9-12)16(19-21-2)15(18-14)10-3-5-11(17)6-4-10;1-8(2)10-6-4-9(3)5-7-10;;/h3-9H,1-2H3;4-8H,1-3H3;1H;/q;;;+1/p-1/b19-16+;;;. The Balaban J connectivity index is 0.000000388. The third-order valence-electron chi connectivity index (χ3n) is 4.96. The number of ether oxygens (including phenoxy) is 1. The van der Waals surface area contributed by atoms with Crippen molar-refractivity contribution in [3.63, 3.8) is 0 Å². The third kappa shape index (κ3) is 7.21. The molecule has 1 aliphatic heterocycles. The van der Waals surface area contributed by atoms with Crippen LogP contribution in [0.1, 0.15) is 42.0 Å². The van der Waals surface area contributed by atoms with Crippen LogP contribution >= 0.6 is 0 Å². The van der Waals surface area contributed by atoms with E-state index in [0.717, 1.165) is 16.8 Å². The Morgan fingerprint density at radius 2 is 1.55 bits per heavy atom. The van der Waals surface area contributed by atoms with Crippen molar-refractivity contribution in [3.05, 3.63) is 94.8 Å². The van der Waals surface area contributed by atoms with Crippen LogP contribution in [0.25, 0.3) is 0 Å². The minimum atomic E-state index is -0.290. The first-order valence-corrected chi connectivity index (χ1v) is 10.1. The van der Waals surface area contributed by atoms with E-state index in [1.54, 1.807) is 19.2 Å². The molecule has 0 spiro atoms. The van der Waals surface area contributed by atoms with Gasteiger partial charge in [-0.2, -0.15) is 0 Å². The first kappa shape index (κ1) is 28.5. The average Bonchev–Trinajstić information content (AvgIpc) is 3.13. The van der Waals surface area contributed by atoms with Gasteiger partial charge in [0.05, 0.1) is 12.8 Å². The van der Waals surface area contributed by atoms with E-state index >= 15 is 0 Å². The van der Waals surface area contributed by atoms with E-state index in [0.29, 0.717) is 23.1 Å². The molecule has 0 aliphatic carbocycles. The minimum absolute atomic E-state index is 0. The van der Waals surface area contributed by atoms with Crippen LogP contribution < -0.4 is 17.1 Å². The summed E-state index contributed by atoms with van der Waals surface area (Å²) in [4.78, 5) is 9.48. The van der Waals surface area contributed by atoms with Gasteiger partial charge in [0.2, 0.25) is 0 Å². The molecule has 0 unspecified atom stereocenters. The maximum absolute atomic E-state index is 13.1. The summed E-state index contributed by atoms with van der Waals surface area (Å²) >= 11 is 0. The first-order chi connectivity index (χ1) is 14.9. The molecule has 0 saturated carbocycles. The largest absolute Gasteiger partial charge is 1.00 e. The Kier molecular flexibility index (Phi) is 11.4. The summed E-state index contributed by atoms with van der Waals surface area (Å²) in [7, 11) is 3.08. The molecule has 4 nitrogen and oxygen atoms in total. The Hall–Kier alpha value is -2.56. The van der Waals surface area contributed by atoms with Gasteiger partial charge in [0.15, 0.2) is 0 Å². The fourth-order valence-electron chi connectivity index (χ4n) is 3.17. The van der Waals surface area contributed by atoms with Crippen molar-refractivity contribution >= 4 is 17.1 Å². The van der Waals surface area contributed by atoms with Gasteiger partial charge in [0.25, 0.3) is 0 Å². The van der Waals surface area contributed by atoms with Crippen LogP contribution in [-0.4, -0.2) is 25.6 Å². The number of benzene rings is 3. The summed E-state index contributed by atoms with van der Waals surface area (Å²) in [6.07, 6.45) is 0. The molecule has 1 aliphatic rings. The minimum Gasteiger partial charge on any atom is -1.00 e. The van der Waals surface area contributed by atoms with E-state index in [1.165, 1.54) is 30.4 Å². The van der Waals surface area contributed by atoms with E-state index in [1.807, 2.05) is 18.2 Å². The quantitative estimate of drug-likeness (QED) is 0.366. The second-order valence-corrected chi connectivity index (χ2v) is 7.54. The molecule has 4 rings (SSSR count). The second kappa shape index (κ2) is 13.2. The SMILES string of the molecule is CO/N=C1/C(c2ccc(F)cc2)=Nc2ccc(OC)cc21.Cc1ccc(C(C)C)cc1.[Cl-].[Ru+]. The summed E-state index contributed by atoms with van der Waals surface area (Å²) in [5, 5.41) is 4.06. The van der Waals surface area contributed by atoms with Crippen LogP contribution in [0, 0.1) is 12.7 Å². The summed E-state index contributed by atoms with van der Waals surface area (Å²) in [5.74, 6) is 1.08. The van der Waals surface area contributed by atoms with Gasteiger partial charge in [-0.25, -0.2) is 9.38 Å². The molecule has 3 aromatic carbocycles. The van der Waals surface area contributed by atoms with E-state index in [2.05, 4.69) is 55.2 Å². The molecule has 33 heavy (non-hydrogen) atoms. The number of oxime groups is 1. The zero-order valence-corrected chi connectivity index (χ0v) is 21.7. The molecule has 175 valence electrons. The van der Waals surface area contributed by atoms with Crippen LogP contribution in [0.15, 0.2) is 76.9 Å². The molecular formula is C26H27ClFN2O2Ru.